The van der Waals surface area contributed by atoms with Gasteiger partial charge in [0.1, 0.15) is 6.54 Å². The third-order valence-corrected chi connectivity index (χ3v) is 5.37. The fraction of sp³-hybridized carbons (Fsp3) is 0.222. The highest BCUT2D eigenvalue weighted by molar-refractivity contribution is 7.92. The van der Waals surface area contributed by atoms with Crippen molar-refractivity contribution in [3.8, 4) is 11.9 Å². The van der Waals surface area contributed by atoms with E-state index in [2.05, 4.69) is 25.1 Å². The van der Waals surface area contributed by atoms with Gasteiger partial charge in [0, 0.05) is 18.0 Å². The molecule has 0 aliphatic carbocycles. The van der Waals surface area contributed by atoms with Crippen molar-refractivity contribution in [2.24, 2.45) is 0 Å². The summed E-state index contributed by atoms with van der Waals surface area (Å²) in [5.74, 6) is -0.661. The van der Waals surface area contributed by atoms with E-state index in [-0.39, 0.29) is 28.3 Å². The number of carbonyl (C=O) groups is 1. The van der Waals surface area contributed by atoms with Crippen LogP contribution in [0.2, 0.25) is 0 Å². The number of nitrogens with zero attached hydrogens (tertiary/aromatic N) is 4. The molecule has 0 fully saturated rings. The Morgan fingerprint density at radius 1 is 1.09 bits per heavy atom. The third-order valence-electron chi connectivity index (χ3n) is 4.00. The standard InChI is InChI=1S/C18H17F3N6O5S/c1-31-16-9-14(23-17(24-16)32-2)26-33(29,30)12-5-3-11(4-6-12)22-15(28)10-27-8-7-13(25-27)18(19,20)21/h3-9H,10H2,1-2H3,(H,22,28)(H,23,24,26). The number of hydrogen-bond acceptors (Lipinski definition) is 8. The summed E-state index contributed by atoms with van der Waals surface area (Å²) in [6.45, 7) is -0.463. The van der Waals surface area contributed by atoms with Crippen LogP contribution >= 0.6 is 0 Å². The molecule has 2 N–H and O–H groups in total. The van der Waals surface area contributed by atoms with Crippen LogP contribution in [0.15, 0.2) is 47.5 Å². The van der Waals surface area contributed by atoms with Crippen LogP contribution in [0.4, 0.5) is 24.7 Å². The molecule has 0 unspecified atom stereocenters. The first kappa shape index (κ1) is 23.8. The van der Waals surface area contributed by atoms with Gasteiger partial charge in [0.2, 0.25) is 11.8 Å². The zero-order valence-corrected chi connectivity index (χ0v) is 17.9. The number of methoxy groups -OCH3 is 2. The van der Waals surface area contributed by atoms with Crippen molar-refractivity contribution >= 4 is 27.4 Å². The summed E-state index contributed by atoms with van der Waals surface area (Å²) in [5, 5.41) is 5.74. The molecule has 0 spiro atoms. The summed E-state index contributed by atoms with van der Waals surface area (Å²) in [4.78, 5) is 19.7. The van der Waals surface area contributed by atoms with Gasteiger partial charge in [-0.1, -0.05) is 0 Å². The minimum Gasteiger partial charge on any atom is -0.481 e. The molecule has 0 saturated heterocycles. The van der Waals surface area contributed by atoms with Crippen LogP contribution in [0.3, 0.4) is 0 Å². The average Bonchev–Trinajstić information content (AvgIpc) is 3.22. The minimum absolute atomic E-state index is 0.0807. The monoisotopic (exact) mass is 486 g/mol. The molecule has 15 heteroatoms. The lowest BCUT2D eigenvalue weighted by Crippen LogP contribution is -2.20. The summed E-state index contributed by atoms with van der Waals surface area (Å²) in [7, 11) is -1.40. The van der Waals surface area contributed by atoms with Crippen molar-refractivity contribution in [3.05, 3.63) is 48.3 Å². The van der Waals surface area contributed by atoms with Gasteiger partial charge in [-0.25, -0.2) is 8.42 Å². The van der Waals surface area contributed by atoms with Gasteiger partial charge in [0.05, 0.1) is 19.1 Å². The Balaban J connectivity index is 1.66. The van der Waals surface area contributed by atoms with Crippen molar-refractivity contribution in [1.82, 2.24) is 19.7 Å². The number of halogens is 3. The maximum atomic E-state index is 12.6. The first-order valence-electron chi connectivity index (χ1n) is 9.00. The van der Waals surface area contributed by atoms with Crippen molar-refractivity contribution in [2.45, 2.75) is 17.6 Å². The molecule has 3 rings (SSSR count). The molecular formula is C18H17F3N6O5S. The van der Waals surface area contributed by atoms with Crippen LogP contribution in [0.5, 0.6) is 11.9 Å². The van der Waals surface area contributed by atoms with Gasteiger partial charge in [0.15, 0.2) is 11.5 Å². The molecule has 0 atom stereocenters. The van der Waals surface area contributed by atoms with E-state index in [1.165, 1.54) is 44.6 Å². The second-order valence-electron chi connectivity index (χ2n) is 6.36. The molecule has 0 saturated carbocycles. The van der Waals surface area contributed by atoms with Crippen LogP contribution in [0, 0.1) is 0 Å². The number of ether oxygens (including phenoxy) is 2. The predicted molar refractivity (Wildman–Crippen MR) is 108 cm³/mol. The highest BCUT2D eigenvalue weighted by atomic mass is 32.2. The van der Waals surface area contributed by atoms with Crippen LogP contribution < -0.4 is 19.5 Å². The number of aromatic nitrogens is 4. The summed E-state index contributed by atoms with van der Waals surface area (Å²) >= 11 is 0. The summed E-state index contributed by atoms with van der Waals surface area (Å²) < 4.78 is 75.9. The first-order valence-corrected chi connectivity index (χ1v) is 10.5. The van der Waals surface area contributed by atoms with Crippen molar-refractivity contribution in [2.75, 3.05) is 24.3 Å². The van der Waals surface area contributed by atoms with Crippen molar-refractivity contribution < 1.29 is 35.9 Å². The maximum absolute atomic E-state index is 12.6. The summed E-state index contributed by atoms with van der Waals surface area (Å²) in [5.41, 5.74) is -0.885. The van der Waals surface area contributed by atoms with E-state index in [1.54, 1.807) is 0 Å². The van der Waals surface area contributed by atoms with Crippen LogP contribution in [0.1, 0.15) is 5.69 Å². The number of carbonyl (C=O) groups excluding carboxylic acids is 1. The first-order chi connectivity index (χ1) is 15.5. The molecule has 1 aromatic carbocycles. The number of anilines is 2. The van der Waals surface area contributed by atoms with Gasteiger partial charge >= 0.3 is 12.2 Å². The molecular weight excluding hydrogens is 469 g/mol. The fourth-order valence-electron chi connectivity index (χ4n) is 2.51. The van der Waals surface area contributed by atoms with Gasteiger partial charge in [-0.15, -0.1) is 0 Å². The Bertz CT molecular complexity index is 1220. The van der Waals surface area contributed by atoms with Crippen LogP contribution in [0.25, 0.3) is 0 Å². The molecule has 0 aliphatic rings. The number of amides is 1. The van der Waals surface area contributed by atoms with E-state index in [0.717, 1.165) is 16.9 Å². The second-order valence-corrected chi connectivity index (χ2v) is 8.04. The second kappa shape index (κ2) is 9.32. The number of nitrogens with one attached hydrogen (secondary N) is 2. The SMILES string of the molecule is COc1cc(NS(=O)(=O)c2ccc(NC(=O)Cn3ccc(C(F)(F)F)n3)cc2)nc(OC)n1. The normalized spacial score (nSPS) is 11.7. The molecule has 2 heterocycles. The molecule has 3 aromatic rings. The maximum Gasteiger partial charge on any atom is 0.435 e. The predicted octanol–water partition coefficient (Wildman–Crippen LogP) is 2.15. The Morgan fingerprint density at radius 3 is 2.36 bits per heavy atom. The fourth-order valence-corrected chi connectivity index (χ4v) is 3.51. The topological polar surface area (TPSA) is 137 Å². The van der Waals surface area contributed by atoms with Crippen molar-refractivity contribution in [1.29, 1.82) is 0 Å². The van der Waals surface area contributed by atoms with Crippen molar-refractivity contribution in [3.63, 3.8) is 0 Å². The van der Waals surface area contributed by atoms with Crippen LogP contribution in [-0.2, 0) is 27.5 Å². The Labute approximate surface area is 185 Å². The minimum atomic E-state index is -4.61. The van der Waals surface area contributed by atoms with Gasteiger partial charge in [-0.05, 0) is 30.3 Å². The van der Waals surface area contributed by atoms with E-state index in [4.69, 9.17) is 9.47 Å². The van der Waals surface area contributed by atoms with E-state index in [1.807, 2.05) is 0 Å². The molecule has 0 aliphatic heterocycles. The molecule has 176 valence electrons. The van der Waals surface area contributed by atoms with E-state index >= 15 is 0 Å². The average molecular weight is 486 g/mol. The number of sulfonamides is 1. The Morgan fingerprint density at radius 2 is 1.79 bits per heavy atom. The molecule has 33 heavy (non-hydrogen) atoms. The molecule has 0 bridgehead atoms. The van der Waals surface area contributed by atoms with Gasteiger partial charge in [0.25, 0.3) is 10.0 Å². The largest absolute Gasteiger partial charge is 0.481 e. The van der Waals surface area contributed by atoms with Crippen LogP contribution in [-0.4, -0.2) is 48.3 Å². The molecule has 1 amide bonds. The molecule has 2 aromatic heterocycles. The number of benzene rings is 1. The quantitative estimate of drug-likeness (QED) is 0.494. The number of alkyl halides is 3. The lowest BCUT2D eigenvalue weighted by Gasteiger charge is -2.10. The van der Waals surface area contributed by atoms with E-state index in [0.29, 0.717) is 0 Å². The lowest BCUT2D eigenvalue weighted by atomic mass is 10.3. The molecule has 0 radical (unpaired) electrons. The van der Waals surface area contributed by atoms with E-state index < -0.39 is 34.3 Å². The number of rotatable bonds is 8. The molecule has 11 nitrogen and oxygen atoms in total. The third kappa shape index (κ3) is 6.09. The highest BCUT2D eigenvalue weighted by Gasteiger charge is 2.33. The van der Waals surface area contributed by atoms with E-state index in [9.17, 15) is 26.4 Å². The highest BCUT2D eigenvalue weighted by Crippen LogP contribution is 2.27. The lowest BCUT2D eigenvalue weighted by molar-refractivity contribution is -0.141. The zero-order valence-electron chi connectivity index (χ0n) is 17.1. The zero-order chi connectivity index (χ0) is 24.2. The van der Waals surface area contributed by atoms with Gasteiger partial charge in [-0.3, -0.25) is 14.2 Å². The summed E-state index contributed by atoms with van der Waals surface area (Å²) in [6, 6.07) is 6.99. The Kier molecular flexibility index (Phi) is 6.71. The van der Waals surface area contributed by atoms with Gasteiger partial charge < -0.3 is 14.8 Å². The summed E-state index contributed by atoms with van der Waals surface area (Å²) in [6.07, 6.45) is -3.58. The number of hydrogen-bond donors (Lipinski definition) is 2. The van der Waals surface area contributed by atoms with Gasteiger partial charge in [-0.2, -0.15) is 28.2 Å². The smallest absolute Gasteiger partial charge is 0.435 e. The Hall–Kier alpha value is -3.88.